The number of nitrogens with zero attached hydrogens (tertiary/aromatic N) is 1. The number of carboxylic acids is 1. The number of para-hydroxylation sites is 1. The van der Waals surface area contributed by atoms with Crippen LogP contribution in [0.25, 0.3) is 0 Å². The van der Waals surface area contributed by atoms with Crippen LogP contribution in [0.3, 0.4) is 0 Å². The van der Waals surface area contributed by atoms with E-state index in [0.717, 1.165) is 15.7 Å². The first-order valence-corrected chi connectivity index (χ1v) is 7.17. The minimum Gasteiger partial charge on any atom is -0.480 e. The molecular formula is C13H16ClIN2O3. The van der Waals surface area contributed by atoms with E-state index in [-0.39, 0.29) is 24.9 Å². The van der Waals surface area contributed by atoms with Gasteiger partial charge in [0.1, 0.15) is 6.04 Å². The van der Waals surface area contributed by atoms with Gasteiger partial charge in [0.25, 0.3) is 0 Å². The summed E-state index contributed by atoms with van der Waals surface area (Å²) in [6, 6.07) is 6.97. The van der Waals surface area contributed by atoms with Gasteiger partial charge in [-0.1, -0.05) is 12.1 Å². The van der Waals surface area contributed by atoms with Crippen molar-refractivity contribution in [3.63, 3.8) is 0 Å². The molecule has 1 heterocycles. The van der Waals surface area contributed by atoms with Crippen molar-refractivity contribution < 1.29 is 14.7 Å². The molecule has 5 nitrogen and oxygen atoms in total. The lowest BCUT2D eigenvalue weighted by Gasteiger charge is -2.20. The highest BCUT2D eigenvalue weighted by molar-refractivity contribution is 14.1. The molecule has 0 saturated carbocycles. The van der Waals surface area contributed by atoms with Crippen LogP contribution in [0.1, 0.15) is 12.8 Å². The van der Waals surface area contributed by atoms with E-state index in [1.54, 1.807) is 4.90 Å². The van der Waals surface area contributed by atoms with Gasteiger partial charge in [0, 0.05) is 3.57 Å². The predicted octanol–water partition coefficient (Wildman–Crippen LogP) is 2.20. The SMILES string of the molecule is Cl.O=C(CN1CCCC1C(=O)O)Nc1ccccc1I. The van der Waals surface area contributed by atoms with E-state index in [2.05, 4.69) is 27.9 Å². The van der Waals surface area contributed by atoms with Crippen LogP contribution in [0, 0.1) is 3.57 Å². The van der Waals surface area contributed by atoms with Crippen LogP contribution in [-0.4, -0.2) is 41.0 Å². The molecule has 0 aliphatic carbocycles. The summed E-state index contributed by atoms with van der Waals surface area (Å²) >= 11 is 2.15. The molecule has 1 amide bonds. The number of carbonyl (C=O) groups is 2. The largest absolute Gasteiger partial charge is 0.480 e. The number of benzene rings is 1. The van der Waals surface area contributed by atoms with Crippen molar-refractivity contribution >= 4 is 52.6 Å². The zero-order valence-corrected chi connectivity index (χ0v) is 13.7. The van der Waals surface area contributed by atoms with Crippen LogP contribution in [0.15, 0.2) is 24.3 Å². The molecule has 0 bridgehead atoms. The Balaban J connectivity index is 0.00000200. The molecule has 1 saturated heterocycles. The Morgan fingerprint density at radius 3 is 2.75 bits per heavy atom. The van der Waals surface area contributed by atoms with Gasteiger partial charge in [0.15, 0.2) is 0 Å². The number of amides is 1. The third-order valence-corrected chi connectivity index (χ3v) is 4.08. The Kier molecular flexibility index (Phi) is 6.70. The number of carboxylic acid groups (broad SMARTS) is 1. The molecule has 1 aromatic rings. The van der Waals surface area contributed by atoms with E-state index >= 15 is 0 Å². The highest BCUT2D eigenvalue weighted by atomic mass is 127. The molecule has 7 heteroatoms. The van der Waals surface area contributed by atoms with Gasteiger partial charge in [0.05, 0.1) is 12.2 Å². The van der Waals surface area contributed by atoms with Gasteiger partial charge in [-0.05, 0) is 54.1 Å². The molecule has 1 atom stereocenters. The number of halogens is 2. The Hall–Kier alpha value is -0.860. The van der Waals surface area contributed by atoms with Crippen molar-refractivity contribution in [1.82, 2.24) is 4.90 Å². The third kappa shape index (κ3) is 4.32. The van der Waals surface area contributed by atoms with E-state index in [1.807, 2.05) is 24.3 Å². The number of hydrogen-bond acceptors (Lipinski definition) is 3. The Morgan fingerprint density at radius 2 is 2.10 bits per heavy atom. The number of rotatable bonds is 4. The van der Waals surface area contributed by atoms with Crippen LogP contribution in [-0.2, 0) is 9.59 Å². The molecule has 1 unspecified atom stereocenters. The quantitative estimate of drug-likeness (QED) is 0.747. The number of carbonyl (C=O) groups excluding carboxylic acids is 1. The average molecular weight is 411 g/mol. The fraction of sp³-hybridized carbons (Fsp3) is 0.385. The number of nitrogens with one attached hydrogen (secondary N) is 1. The van der Waals surface area contributed by atoms with Gasteiger partial charge in [-0.15, -0.1) is 12.4 Å². The summed E-state index contributed by atoms with van der Waals surface area (Å²) in [5.41, 5.74) is 0.763. The van der Waals surface area contributed by atoms with Crippen molar-refractivity contribution in [1.29, 1.82) is 0 Å². The van der Waals surface area contributed by atoms with Gasteiger partial charge in [-0.2, -0.15) is 0 Å². The topological polar surface area (TPSA) is 69.6 Å². The highest BCUT2D eigenvalue weighted by Crippen LogP contribution is 2.19. The van der Waals surface area contributed by atoms with Crippen molar-refractivity contribution in [2.24, 2.45) is 0 Å². The monoisotopic (exact) mass is 410 g/mol. The third-order valence-electron chi connectivity index (χ3n) is 3.14. The van der Waals surface area contributed by atoms with Crippen LogP contribution in [0.5, 0.6) is 0 Å². The van der Waals surface area contributed by atoms with E-state index in [1.165, 1.54) is 0 Å². The van der Waals surface area contributed by atoms with E-state index in [0.29, 0.717) is 13.0 Å². The summed E-state index contributed by atoms with van der Waals surface area (Å²) < 4.78 is 0.963. The molecular weight excluding hydrogens is 395 g/mol. The Morgan fingerprint density at radius 1 is 1.40 bits per heavy atom. The number of hydrogen-bond donors (Lipinski definition) is 2. The van der Waals surface area contributed by atoms with Crippen LogP contribution >= 0.6 is 35.0 Å². The summed E-state index contributed by atoms with van der Waals surface area (Å²) in [6.07, 6.45) is 1.44. The molecule has 2 N–H and O–H groups in total. The lowest BCUT2D eigenvalue weighted by molar-refractivity contribution is -0.142. The van der Waals surface area contributed by atoms with Crippen molar-refractivity contribution in [3.8, 4) is 0 Å². The first-order valence-electron chi connectivity index (χ1n) is 6.09. The Bertz CT molecular complexity index is 498. The molecule has 1 fully saturated rings. The molecule has 0 radical (unpaired) electrons. The van der Waals surface area contributed by atoms with Crippen LogP contribution in [0.4, 0.5) is 5.69 Å². The van der Waals surface area contributed by atoms with Crippen LogP contribution < -0.4 is 5.32 Å². The van der Waals surface area contributed by atoms with Crippen molar-refractivity contribution in [3.05, 3.63) is 27.8 Å². The number of aliphatic carboxylic acids is 1. The van der Waals surface area contributed by atoms with Gasteiger partial charge < -0.3 is 10.4 Å². The normalized spacial score (nSPS) is 18.4. The fourth-order valence-corrected chi connectivity index (χ4v) is 2.75. The highest BCUT2D eigenvalue weighted by Gasteiger charge is 2.31. The molecule has 0 aromatic heterocycles. The zero-order valence-electron chi connectivity index (χ0n) is 10.7. The lowest BCUT2D eigenvalue weighted by atomic mass is 10.2. The summed E-state index contributed by atoms with van der Waals surface area (Å²) in [5, 5.41) is 11.9. The van der Waals surface area contributed by atoms with Crippen molar-refractivity contribution in [2.75, 3.05) is 18.4 Å². The number of anilines is 1. The minimum absolute atomic E-state index is 0. The second kappa shape index (κ2) is 7.80. The summed E-state index contributed by atoms with van der Waals surface area (Å²) in [5.74, 6) is -1.02. The smallest absolute Gasteiger partial charge is 0.320 e. The molecule has 1 aliphatic heterocycles. The average Bonchev–Trinajstić information content (AvgIpc) is 2.80. The van der Waals surface area contributed by atoms with E-state index in [4.69, 9.17) is 5.11 Å². The van der Waals surface area contributed by atoms with Crippen molar-refractivity contribution in [2.45, 2.75) is 18.9 Å². The van der Waals surface area contributed by atoms with Gasteiger partial charge in [-0.25, -0.2) is 0 Å². The molecule has 1 aromatic carbocycles. The second-order valence-electron chi connectivity index (χ2n) is 4.49. The first kappa shape index (κ1) is 17.2. The van der Waals surface area contributed by atoms with Gasteiger partial charge in [0.2, 0.25) is 5.91 Å². The molecule has 1 aliphatic rings. The predicted molar refractivity (Wildman–Crippen MR) is 87.3 cm³/mol. The van der Waals surface area contributed by atoms with E-state index < -0.39 is 12.0 Å². The first-order chi connectivity index (χ1) is 9.08. The number of likely N-dealkylation sites (tertiary alicyclic amines) is 1. The van der Waals surface area contributed by atoms with E-state index in [9.17, 15) is 9.59 Å². The summed E-state index contributed by atoms with van der Waals surface area (Å²) in [7, 11) is 0. The molecule has 0 spiro atoms. The zero-order chi connectivity index (χ0) is 13.8. The van der Waals surface area contributed by atoms with Gasteiger partial charge >= 0.3 is 5.97 Å². The maximum absolute atomic E-state index is 11.9. The summed E-state index contributed by atoms with van der Waals surface area (Å²) in [4.78, 5) is 24.7. The minimum atomic E-state index is -0.848. The van der Waals surface area contributed by atoms with Gasteiger partial charge in [-0.3, -0.25) is 14.5 Å². The molecule has 110 valence electrons. The Labute approximate surface area is 137 Å². The van der Waals surface area contributed by atoms with Crippen LogP contribution in [0.2, 0.25) is 0 Å². The molecule has 20 heavy (non-hydrogen) atoms. The maximum Gasteiger partial charge on any atom is 0.320 e. The second-order valence-corrected chi connectivity index (χ2v) is 5.66. The summed E-state index contributed by atoms with van der Waals surface area (Å²) in [6.45, 7) is 0.790. The fourth-order valence-electron chi connectivity index (χ4n) is 2.23. The maximum atomic E-state index is 11.9. The standard InChI is InChI=1S/C13H15IN2O3.ClH/c14-9-4-1-2-5-10(9)15-12(17)8-16-7-3-6-11(16)13(18)19;/h1-2,4-5,11H,3,6-8H2,(H,15,17)(H,18,19);1H. The lowest BCUT2D eigenvalue weighted by Crippen LogP contribution is -2.40. The molecule has 2 rings (SSSR count).